The van der Waals surface area contributed by atoms with Crippen LogP contribution in [0.4, 0.5) is 5.69 Å². The molecule has 1 aromatic carbocycles. The third-order valence-corrected chi connectivity index (χ3v) is 5.32. The van der Waals surface area contributed by atoms with Crippen LogP contribution in [0.1, 0.15) is 51.5 Å². The minimum absolute atomic E-state index is 0. The molecule has 0 radical (unpaired) electrons. The molecule has 2 fully saturated rings. The SMILES string of the molecule is CC(C)OCCOCc1cccc(NC(=O)C2CC3CCCCC3N2)c1.Cl. The van der Waals surface area contributed by atoms with Gasteiger partial charge < -0.3 is 20.1 Å². The molecule has 1 aliphatic heterocycles. The zero-order valence-corrected chi connectivity index (χ0v) is 17.2. The van der Waals surface area contributed by atoms with Crippen LogP contribution >= 0.6 is 12.4 Å². The molecule has 2 aliphatic rings. The molecular formula is C21H33ClN2O3. The molecule has 1 aromatic rings. The quantitative estimate of drug-likeness (QED) is 0.654. The zero-order valence-electron chi connectivity index (χ0n) is 16.4. The number of halogens is 1. The van der Waals surface area contributed by atoms with E-state index in [0.717, 1.165) is 17.7 Å². The molecule has 27 heavy (non-hydrogen) atoms. The molecule has 0 bridgehead atoms. The van der Waals surface area contributed by atoms with Crippen molar-refractivity contribution in [1.29, 1.82) is 0 Å². The van der Waals surface area contributed by atoms with E-state index in [-0.39, 0.29) is 30.5 Å². The molecule has 1 aliphatic carbocycles. The number of amides is 1. The Morgan fingerprint density at radius 1 is 1.26 bits per heavy atom. The molecule has 5 nitrogen and oxygen atoms in total. The highest BCUT2D eigenvalue weighted by molar-refractivity contribution is 5.95. The molecule has 3 rings (SSSR count). The number of benzene rings is 1. The van der Waals surface area contributed by atoms with Gasteiger partial charge in [-0.1, -0.05) is 25.0 Å². The summed E-state index contributed by atoms with van der Waals surface area (Å²) in [4.78, 5) is 12.6. The Labute approximate surface area is 169 Å². The summed E-state index contributed by atoms with van der Waals surface area (Å²) in [5.74, 6) is 0.759. The van der Waals surface area contributed by atoms with E-state index < -0.39 is 0 Å². The smallest absolute Gasteiger partial charge is 0.241 e. The maximum atomic E-state index is 12.6. The number of nitrogens with one attached hydrogen (secondary N) is 2. The number of carbonyl (C=O) groups is 1. The molecule has 3 unspecified atom stereocenters. The summed E-state index contributed by atoms with van der Waals surface area (Å²) >= 11 is 0. The fraction of sp³-hybridized carbons (Fsp3) is 0.667. The molecule has 6 heteroatoms. The van der Waals surface area contributed by atoms with Gasteiger partial charge in [-0.2, -0.15) is 0 Å². The summed E-state index contributed by atoms with van der Waals surface area (Å²) < 4.78 is 11.1. The molecule has 152 valence electrons. The Hall–Kier alpha value is -1.14. The van der Waals surface area contributed by atoms with Crippen LogP contribution in [0, 0.1) is 5.92 Å². The van der Waals surface area contributed by atoms with Crippen molar-refractivity contribution < 1.29 is 14.3 Å². The van der Waals surface area contributed by atoms with Gasteiger partial charge in [0.05, 0.1) is 32.0 Å². The van der Waals surface area contributed by atoms with Gasteiger partial charge in [0.1, 0.15) is 0 Å². The van der Waals surface area contributed by atoms with Gasteiger partial charge in [0, 0.05) is 11.7 Å². The van der Waals surface area contributed by atoms with Gasteiger partial charge >= 0.3 is 0 Å². The second-order valence-corrected chi connectivity index (χ2v) is 7.77. The summed E-state index contributed by atoms with van der Waals surface area (Å²) in [5.41, 5.74) is 1.89. The Balaban J connectivity index is 0.00000261. The van der Waals surface area contributed by atoms with E-state index >= 15 is 0 Å². The van der Waals surface area contributed by atoms with E-state index in [4.69, 9.17) is 9.47 Å². The highest BCUT2D eigenvalue weighted by Gasteiger charge is 2.38. The lowest BCUT2D eigenvalue weighted by Crippen LogP contribution is -2.39. The lowest BCUT2D eigenvalue weighted by atomic mass is 9.85. The number of ether oxygens (including phenoxy) is 2. The van der Waals surface area contributed by atoms with Crippen LogP contribution in [0.15, 0.2) is 24.3 Å². The van der Waals surface area contributed by atoms with Crippen LogP contribution in [0.25, 0.3) is 0 Å². The first-order valence-corrected chi connectivity index (χ1v) is 9.97. The summed E-state index contributed by atoms with van der Waals surface area (Å²) in [7, 11) is 0. The first kappa shape index (κ1) is 22.2. The van der Waals surface area contributed by atoms with Gasteiger partial charge in [-0.15, -0.1) is 12.4 Å². The van der Waals surface area contributed by atoms with Gasteiger partial charge in [0.2, 0.25) is 5.91 Å². The molecule has 0 spiro atoms. The minimum Gasteiger partial charge on any atom is -0.376 e. The molecule has 1 saturated carbocycles. The van der Waals surface area contributed by atoms with Gasteiger partial charge in [-0.3, -0.25) is 4.79 Å². The predicted molar refractivity (Wildman–Crippen MR) is 110 cm³/mol. The maximum absolute atomic E-state index is 12.6. The van der Waals surface area contributed by atoms with Crippen molar-refractivity contribution in [3.05, 3.63) is 29.8 Å². The molecule has 1 saturated heterocycles. The van der Waals surface area contributed by atoms with E-state index in [1.807, 2.05) is 38.1 Å². The summed E-state index contributed by atoms with van der Waals surface area (Å²) in [6.07, 6.45) is 6.25. The van der Waals surface area contributed by atoms with Crippen molar-refractivity contribution in [3.8, 4) is 0 Å². The van der Waals surface area contributed by atoms with Crippen LogP contribution in [0.3, 0.4) is 0 Å². The Morgan fingerprint density at radius 2 is 2.07 bits per heavy atom. The number of hydrogen-bond acceptors (Lipinski definition) is 4. The van der Waals surface area contributed by atoms with Crippen LogP contribution in [-0.4, -0.2) is 37.3 Å². The Morgan fingerprint density at radius 3 is 2.85 bits per heavy atom. The minimum atomic E-state index is -0.0591. The largest absolute Gasteiger partial charge is 0.376 e. The maximum Gasteiger partial charge on any atom is 0.241 e. The van der Waals surface area contributed by atoms with Crippen molar-refractivity contribution >= 4 is 24.0 Å². The monoisotopic (exact) mass is 396 g/mol. The van der Waals surface area contributed by atoms with Gasteiger partial charge in [0.25, 0.3) is 0 Å². The lowest BCUT2D eigenvalue weighted by Gasteiger charge is -2.24. The zero-order chi connectivity index (χ0) is 18.4. The molecule has 1 amide bonds. The highest BCUT2D eigenvalue weighted by atomic mass is 35.5. The number of fused-ring (bicyclic) bond motifs is 1. The third-order valence-electron chi connectivity index (χ3n) is 5.32. The van der Waals surface area contributed by atoms with Crippen molar-refractivity contribution in [2.24, 2.45) is 5.92 Å². The van der Waals surface area contributed by atoms with Crippen LogP contribution < -0.4 is 10.6 Å². The molecular weight excluding hydrogens is 364 g/mol. The highest BCUT2D eigenvalue weighted by Crippen LogP contribution is 2.33. The van der Waals surface area contributed by atoms with Crippen LogP contribution in [0.2, 0.25) is 0 Å². The van der Waals surface area contributed by atoms with Crippen LogP contribution in [-0.2, 0) is 20.9 Å². The average Bonchev–Trinajstić information content (AvgIpc) is 3.06. The molecule has 2 N–H and O–H groups in total. The van der Waals surface area contributed by atoms with Gasteiger partial charge in [0.15, 0.2) is 0 Å². The van der Waals surface area contributed by atoms with E-state index in [2.05, 4.69) is 10.6 Å². The van der Waals surface area contributed by atoms with Crippen molar-refractivity contribution in [2.45, 2.75) is 70.7 Å². The number of anilines is 1. The Bertz CT molecular complexity index is 583. The first-order chi connectivity index (χ1) is 12.6. The number of carbonyl (C=O) groups excluding carboxylic acids is 1. The summed E-state index contributed by atoms with van der Waals surface area (Å²) in [6, 6.07) is 8.37. The topological polar surface area (TPSA) is 59.6 Å². The second-order valence-electron chi connectivity index (χ2n) is 7.77. The fourth-order valence-electron chi connectivity index (χ4n) is 4.02. The van der Waals surface area contributed by atoms with Crippen molar-refractivity contribution in [1.82, 2.24) is 5.32 Å². The fourth-order valence-corrected chi connectivity index (χ4v) is 4.02. The van der Waals surface area contributed by atoms with E-state index in [1.165, 1.54) is 25.7 Å². The second kappa shape index (κ2) is 11.0. The van der Waals surface area contributed by atoms with Crippen molar-refractivity contribution in [3.63, 3.8) is 0 Å². The first-order valence-electron chi connectivity index (χ1n) is 9.97. The third kappa shape index (κ3) is 6.75. The summed E-state index contributed by atoms with van der Waals surface area (Å²) in [6.45, 7) is 5.73. The van der Waals surface area contributed by atoms with E-state index in [0.29, 0.717) is 31.8 Å². The molecule has 1 heterocycles. The average molecular weight is 397 g/mol. The van der Waals surface area contributed by atoms with E-state index in [9.17, 15) is 4.79 Å². The number of rotatable bonds is 8. The number of hydrogen-bond donors (Lipinski definition) is 2. The Kier molecular flexibility index (Phi) is 9.03. The lowest BCUT2D eigenvalue weighted by molar-refractivity contribution is -0.117. The molecule has 3 atom stereocenters. The summed E-state index contributed by atoms with van der Waals surface area (Å²) in [5, 5.41) is 6.60. The van der Waals surface area contributed by atoms with Crippen molar-refractivity contribution in [2.75, 3.05) is 18.5 Å². The van der Waals surface area contributed by atoms with Crippen LogP contribution in [0.5, 0.6) is 0 Å². The standard InChI is InChI=1S/C21H32N2O3.ClH/c1-15(2)26-11-10-25-14-16-6-5-8-18(12-16)22-21(24)20-13-17-7-3-4-9-19(17)23-20;/h5-6,8,12,15,17,19-20,23H,3-4,7,9-11,13-14H2,1-2H3,(H,22,24);1H. The van der Waals surface area contributed by atoms with Gasteiger partial charge in [-0.05, 0) is 56.7 Å². The van der Waals surface area contributed by atoms with E-state index in [1.54, 1.807) is 0 Å². The predicted octanol–water partition coefficient (Wildman–Crippen LogP) is 3.91. The van der Waals surface area contributed by atoms with Gasteiger partial charge in [-0.25, -0.2) is 0 Å². The molecule has 0 aromatic heterocycles. The normalized spacial score (nSPS) is 24.3.